The lowest BCUT2D eigenvalue weighted by Gasteiger charge is -2.24. The van der Waals surface area contributed by atoms with E-state index in [0.717, 1.165) is 31.5 Å². The summed E-state index contributed by atoms with van der Waals surface area (Å²) in [6.07, 6.45) is 4.79. The van der Waals surface area contributed by atoms with Crippen molar-refractivity contribution in [3.63, 3.8) is 0 Å². The summed E-state index contributed by atoms with van der Waals surface area (Å²) in [4.78, 5) is 14.2. The highest BCUT2D eigenvalue weighted by molar-refractivity contribution is 7.89. The van der Waals surface area contributed by atoms with Gasteiger partial charge in [0.2, 0.25) is 10.0 Å². The maximum absolute atomic E-state index is 12.7. The summed E-state index contributed by atoms with van der Waals surface area (Å²) in [6, 6.07) is 4.71. The van der Waals surface area contributed by atoms with Gasteiger partial charge in [-0.2, -0.15) is 0 Å². The zero-order valence-corrected chi connectivity index (χ0v) is 16.4. The average molecular weight is 369 g/mol. The molecule has 0 bridgehead atoms. The van der Waals surface area contributed by atoms with Gasteiger partial charge < -0.3 is 10.2 Å². The van der Waals surface area contributed by atoms with Crippen LogP contribution in [0.5, 0.6) is 0 Å². The van der Waals surface area contributed by atoms with E-state index in [9.17, 15) is 13.2 Å². The summed E-state index contributed by atoms with van der Waals surface area (Å²) in [5, 5.41) is 2.94. The lowest BCUT2D eigenvalue weighted by molar-refractivity contribution is -0.913. The molecule has 0 unspecified atom stereocenters. The van der Waals surface area contributed by atoms with Crippen LogP contribution in [0.2, 0.25) is 0 Å². The number of aryl methyl sites for hydroxylation is 1. The molecule has 1 aliphatic heterocycles. The Bertz CT molecular complexity index is 708. The summed E-state index contributed by atoms with van der Waals surface area (Å²) >= 11 is 0. The Morgan fingerprint density at radius 2 is 1.76 bits per heavy atom. The van der Waals surface area contributed by atoms with Gasteiger partial charge in [0.1, 0.15) is 0 Å². The number of amides is 1. The predicted octanol–water partition coefficient (Wildman–Crippen LogP) is 1.03. The van der Waals surface area contributed by atoms with Crippen LogP contribution >= 0.6 is 0 Å². The van der Waals surface area contributed by atoms with Crippen LogP contribution in [0, 0.1) is 6.92 Å². The maximum Gasteiger partial charge on any atom is 0.282 e. The van der Waals surface area contributed by atoms with Crippen LogP contribution < -0.4 is 10.2 Å². The van der Waals surface area contributed by atoms with Crippen molar-refractivity contribution >= 4 is 21.6 Å². The maximum atomic E-state index is 12.7. The number of rotatable bonds is 5. The van der Waals surface area contributed by atoms with Gasteiger partial charge in [-0.25, -0.2) is 12.7 Å². The zero-order chi connectivity index (χ0) is 18.6. The molecule has 25 heavy (non-hydrogen) atoms. The molecule has 0 saturated carbocycles. The number of hydrogen-bond acceptors (Lipinski definition) is 3. The lowest BCUT2D eigenvalue weighted by Crippen LogP contribution is -3.16. The first-order valence-corrected chi connectivity index (χ1v) is 10.4. The number of carbonyl (C=O) groups excluding carboxylic acids is 1. The second kappa shape index (κ2) is 8.29. The minimum absolute atomic E-state index is 0.0561. The highest BCUT2D eigenvalue weighted by atomic mass is 32.2. The van der Waals surface area contributed by atoms with Crippen molar-refractivity contribution in [3.05, 3.63) is 23.8 Å². The van der Waals surface area contributed by atoms with Crippen LogP contribution in [-0.2, 0) is 14.8 Å². The third-order valence-corrected chi connectivity index (χ3v) is 6.81. The minimum Gasteiger partial charge on any atom is -0.325 e. The molecule has 6 nitrogen and oxygen atoms in total. The first kappa shape index (κ1) is 19.9. The zero-order valence-electron chi connectivity index (χ0n) is 15.6. The molecule has 1 aromatic rings. The Morgan fingerprint density at radius 1 is 1.16 bits per heavy atom. The van der Waals surface area contributed by atoms with Crippen molar-refractivity contribution < 1.29 is 18.1 Å². The van der Waals surface area contributed by atoms with Gasteiger partial charge in [-0.15, -0.1) is 0 Å². The predicted molar refractivity (Wildman–Crippen MR) is 99.3 cm³/mol. The molecular formula is C18H30N3O3S+. The normalized spacial score (nSPS) is 18.0. The van der Waals surface area contributed by atoms with Crippen molar-refractivity contribution in [1.29, 1.82) is 0 Å². The standard InChI is InChI=1S/C18H29N3O3S/c1-14-9-10-16(25(23,24)20(3)4)13-17(14)19-18(22)15(2)21-11-7-5-6-8-12-21/h9-10,13,15H,5-8,11-12H2,1-4H3,(H,19,22)/p+1/t15-/m1/s1. The van der Waals surface area contributed by atoms with Gasteiger partial charge in [0, 0.05) is 19.8 Å². The summed E-state index contributed by atoms with van der Waals surface area (Å²) < 4.78 is 25.8. The highest BCUT2D eigenvalue weighted by Crippen LogP contribution is 2.22. The van der Waals surface area contributed by atoms with E-state index in [-0.39, 0.29) is 16.8 Å². The Morgan fingerprint density at radius 3 is 2.32 bits per heavy atom. The Balaban J connectivity index is 2.17. The van der Waals surface area contributed by atoms with Gasteiger partial charge in [-0.3, -0.25) is 4.79 Å². The lowest BCUT2D eigenvalue weighted by atomic mass is 10.2. The van der Waals surface area contributed by atoms with E-state index >= 15 is 0 Å². The number of benzene rings is 1. The van der Waals surface area contributed by atoms with Crippen LogP contribution in [-0.4, -0.2) is 51.9 Å². The fourth-order valence-electron chi connectivity index (χ4n) is 3.15. The number of carbonyl (C=O) groups is 1. The molecule has 1 saturated heterocycles. The molecule has 0 aromatic heterocycles. The monoisotopic (exact) mass is 368 g/mol. The van der Waals surface area contributed by atoms with Crippen molar-refractivity contribution in [1.82, 2.24) is 4.31 Å². The van der Waals surface area contributed by atoms with Gasteiger partial charge >= 0.3 is 0 Å². The fraction of sp³-hybridized carbons (Fsp3) is 0.611. The third-order valence-electron chi connectivity index (χ3n) is 5.00. The molecule has 140 valence electrons. The topological polar surface area (TPSA) is 70.9 Å². The summed E-state index contributed by atoms with van der Waals surface area (Å²) in [6.45, 7) is 5.85. The van der Waals surface area contributed by atoms with E-state index in [1.54, 1.807) is 18.2 Å². The smallest absolute Gasteiger partial charge is 0.282 e. The number of quaternary nitrogens is 1. The molecule has 2 N–H and O–H groups in total. The molecule has 0 spiro atoms. The summed E-state index contributed by atoms with van der Waals surface area (Å²) in [5.41, 5.74) is 1.41. The number of anilines is 1. The highest BCUT2D eigenvalue weighted by Gasteiger charge is 2.26. The van der Waals surface area contributed by atoms with E-state index in [2.05, 4.69) is 5.32 Å². The second-order valence-electron chi connectivity index (χ2n) is 7.05. The van der Waals surface area contributed by atoms with Gasteiger partial charge in [-0.05, 0) is 57.2 Å². The van der Waals surface area contributed by atoms with E-state index in [1.807, 2.05) is 13.8 Å². The molecule has 1 atom stereocenters. The summed E-state index contributed by atoms with van der Waals surface area (Å²) in [7, 11) is -0.524. The molecule has 7 heteroatoms. The molecule has 1 heterocycles. The molecule has 2 rings (SSSR count). The van der Waals surface area contributed by atoms with Crippen LogP contribution in [0.4, 0.5) is 5.69 Å². The number of nitrogens with one attached hydrogen (secondary N) is 2. The fourth-order valence-corrected chi connectivity index (χ4v) is 4.08. The number of likely N-dealkylation sites (tertiary alicyclic amines) is 1. The van der Waals surface area contributed by atoms with Gasteiger partial charge in [-0.1, -0.05) is 6.07 Å². The van der Waals surface area contributed by atoms with Gasteiger partial charge in [0.05, 0.1) is 18.0 Å². The Kier molecular flexibility index (Phi) is 6.59. The first-order chi connectivity index (χ1) is 11.7. The molecule has 1 aliphatic rings. The average Bonchev–Trinajstić information content (AvgIpc) is 2.85. The quantitative estimate of drug-likeness (QED) is 0.816. The first-order valence-electron chi connectivity index (χ1n) is 8.92. The van der Waals surface area contributed by atoms with Crippen molar-refractivity contribution in [2.75, 3.05) is 32.5 Å². The number of sulfonamides is 1. The van der Waals surface area contributed by atoms with E-state index in [4.69, 9.17) is 0 Å². The summed E-state index contributed by atoms with van der Waals surface area (Å²) in [5.74, 6) is -0.0561. The molecule has 0 radical (unpaired) electrons. The number of hydrogen-bond donors (Lipinski definition) is 2. The molecule has 0 aliphatic carbocycles. The van der Waals surface area contributed by atoms with Crippen LogP contribution in [0.15, 0.2) is 23.1 Å². The molecular weight excluding hydrogens is 338 g/mol. The van der Waals surface area contributed by atoms with Gasteiger partial charge in [0.25, 0.3) is 5.91 Å². The molecule has 1 fully saturated rings. The SMILES string of the molecule is Cc1ccc(S(=O)(=O)N(C)C)cc1NC(=O)[C@@H](C)[NH+]1CCCCCC1. The van der Waals surface area contributed by atoms with Crippen molar-refractivity contribution in [3.8, 4) is 0 Å². The van der Waals surface area contributed by atoms with Crippen LogP contribution in [0.3, 0.4) is 0 Å². The molecule has 1 amide bonds. The van der Waals surface area contributed by atoms with Crippen molar-refractivity contribution in [2.45, 2.75) is 50.5 Å². The van der Waals surface area contributed by atoms with Crippen LogP contribution in [0.25, 0.3) is 0 Å². The van der Waals surface area contributed by atoms with Crippen molar-refractivity contribution in [2.24, 2.45) is 0 Å². The van der Waals surface area contributed by atoms with Crippen LogP contribution in [0.1, 0.15) is 38.2 Å². The number of nitrogens with zero attached hydrogens (tertiary/aromatic N) is 1. The Labute approximate surface area is 151 Å². The van der Waals surface area contributed by atoms with Gasteiger partial charge in [0.15, 0.2) is 6.04 Å². The van der Waals surface area contributed by atoms with E-state index in [1.165, 1.54) is 36.1 Å². The third kappa shape index (κ3) is 4.80. The largest absolute Gasteiger partial charge is 0.325 e. The van der Waals surface area contributed by atoms with E-state index < -0.39 is 10.0 Å². The minimum atomic E-state index is -3.52. The Hall–Kier alpha value is -1.44. The van der Waals surface area contributed by atoms with E-state index in [0.29, 0.717) is 5.69 Å². The second-order valence-corrected chi connectivity index (χ2v) is 9.20. The molecule has 1 aromatic carbocycles.